The first kappa shape index (κ1) is 32.5. The van der Waals surface area contributed by atoms with Gasteiger partial charge in [0.1, 0.15) is 5.54 Å². The lowest BCUT2D eigenvalue weighted by Gasteiger charge is -2.28. The standard InChI is InChI=1S/C45H50N2/c1-6-7-34-8-10-35(11-9-34)13-15-38-22-28-42(29-23-38)45(5)44(31-43(47-45)41-26-27-41)46-33(4)30-39-18-16-36(17-19-39)12-14-37-20-24-40(25-21-37)32(2)3/h6,8-11,16-25,28-29,31-32,41,46H,1,4,7,12-15,26-27,30H2,2-3,5H3. The van der Waals surface area contributed by atoms with E-state index in [4.69, 9.17) is 4.99 Å². The molecule has 0 aromatic heterocycles. The normalized spacial score (nSPS) is 17.4. The molecule has 1 aliphatic carbocycles. The molecule has 1 aliphatic heterocycles. The lowest BCUT2D eigenvalue weighted by molar-refractivity contribution is 0.564. The molecule has 1 atom stereocenters. The van der Waals surface area contributed by atoms with Crippen molar-refractivity contribution in [3.63, 3.8) is 0 Å². The number of hydrogen-bond acceptors (Lipinski definition) is 2. The number of hydrogen-bond donors (Lipinski definition) is 1. The molecular formula is C45H50N2. The number of rotatable bonds is 15. The van der Waals surface area contributed by atoms with Crippen LogP contribution in [0.1, 0.15) is 84.0 Å². The van der Waals surface area contributed by atoms with Gasteiger partial charge in [-0.2, -0.15) is 0 Å². The summed E-state index contributed by atoms with van der Waals surface area (Å²) in [5.74, 6) is 1.17. The van der Waals surface area contributed by atoms with Crippen LogP contribution in [0.2, 0.25) is 0 Å². The lowest BCUT2D eigenvalue weighted by Crippen LogP contribution is -2.29. The topological polar surface area (TPSA) is 24.4 Å². The van der Waals surface area contributed by atoms with E-state index in [0.29, 0.717) is 11.8 Å². The molecule has 1 unspecified atom stereocenters. The van der Waals surface area contributed by atoms with Crippen LogP contribution in [0.25, 0.3) is 0 Å². The fourth-order valence-corrected chi connectivity index (χ4v) is 6.56. The summed E-state index contributed by atoms with van der Waals surface area (Å²) in [6.07, 6.45) is 12.6. The Morgan fingerprint density at radius 1 is 0.745 bits per heavy atom. The highest BCUT2D eigenvalue weighted by Crippen LogP contribution is 2.42. The largest absolute Gasteiger partial charge is 0.360 e. The molecule has 6 rings (SSSR count). The highest BCUT2D eigenvalue weighted by molar-refractivity contribution is 6.01. The maximum absolute atomic E-state index is 5.32. The fourth-order valence-electron chi connectivity index (χ4n) is 6.56. The molecule has 2 nitrogen and oxygen atoms in total. The van der Waals surface area contributed by atoms with E-state index in [-0.39, 0.29) is 0 Å². The van der Waals surface area contributed by atoms with E-state index in [9.17, 15) is 0 Å². The van der Waals surface area contributed by atoms with Crippen LogP contribution in [0.4, 0.5) is 0 Å². The molecule has 2 heteroatoms. The van der Waals surface area contributed by atoms with Crippen LogP contribution < -0.4 is 5.32 Å². The molecule has 1 heterocycles. The van der Waals surface area contributed by atoms with Crippen molar-refractivity contribution < 1.29 is 0 Å². The second-order valence-electron chi connectivity index (χ2n) is 14.1. The van der Waals surface area contributed by atoms with Crippen molar-refractivity contribution in [2.45, 2.75) is 83.6 Å². The van der Waals surface area contributed by atoms with Crippen molar-refractivity contribution >= 4 is 5.71 Å². The van der Waals surface area contributed by atoms with Crippen molar-refractivity contribution in [2.24, 2.45) is 10.9 Å². The van der Waals surface area contributed by atoms with Crippen molar-refractivity contribution in [1.82, 2.24) is 5.32 Å². The van der Waals surface area contributed by atoms with Crippen molar-refractivity contribution in [3.05, 3.63) is 178 Å². The van der Waals surface area contributed by atoms with E-state index in [0.717, 1.165) is 49.9 Å². The molecule has 4 aromatic carbocycles. The van der Waals surface area contributed by atoms with Gasteiger partial charge in [-0.25, -0.2) is 0 Å². The molecule has 0 saturated heterocycles. The Labute approximate surface area is 283 Å². The highest BCUT2D eigenvalue weighted by atomic mass is 15.0. The van der Waals surface area contributed by atoms with E-state index in [1.54, 1.807) is 0 Å². The molecule has 0 amide bonds. The third-order valence-electron chi connectivity index (χ3n) is 9.89. The van der Waals surface area contributed by atoms with Gasteiger partial charge in [0.05, 0.1) is 0 Å². The summed E-state index contributed by atoms with van der Waals surface area (Å²) in [4.78, 5) is 5.32. The molecule has 2 aliphatic rings. The Balaban J connectivity index is 1.05. The van der Waals surface area contributed by atoms with Crippen molar-refractivity contribution in [1.29, 1.82) is 0 Å². The van der Waals surface area contributed by atoms with Gasteiger partial charge in [-0.15, -0.1) is 6.58 Å². The van der Waals surface area contributed by atoms with Gasteiger partial charge < -0.3 is 5.32 Å². The first-order valence-electron chi connectivity index (χ1n) is 17.5. The smallest absolute Gasteiger partial charge is 0.123 e. The maximum Gasteiger partial charge on any atom is 0.123 e. The van der Waals surface area contributed by atoms with E-state index >= 15 is 0 Å². The predicted molar refractivity (Wildman–Crippen MR) is 200 cm³/mol. The summed E-state index contributed by atoms with van der Waals surface area (Å²) in [6, 6.07) is 36.2. The monoisotopic (exact) mass is 618 g/mol. The van der Waals surface area contributed by atoms with E-state index in [1.165, 1.54) is 63.1 Å². The predicted octanol–water partition coefficient (Wildman–Crippen LogP) is 10.4. The molecule has 0 radical (unpaired) electrons. The summed E-state index contributed by atoms with van der Waals surface area (Å²) in [5, 5.41) is 3.72. The van der Waals surface area contributed by atoms with Crippen LogP contribution in [0.5, 0.6) is 0 Å². The second-order valence-corrected chi connectivity index (χ2v) is 14.1. The van der Waals surface area contributed by atoms with Crippen LogP contribution in [0.15, 0.2) is 139 Å². The van der Waals surface area contributed by atoms with Crippen LogP contribution in [-0.4, -0.2) is 5.71 Å². The second kappa shape index (κ2) is 14.6. The van der Waals surface area contributed by atoms with Crippen molar-refractivity contribution in [2.75, 3.05) is 0 Å². The minimum absolute atomic E-state index is 0.433. The van der Waals surface area contributed by atoms with Gasteiger partial charge in [0, 0.05) is 29.4 Å². The molecule has 1 N–H and O–H groups in total. The molecule has 0 spiro atoms. The van der Waals surface area contributed by atoms with E-state index in [2.05, 4.69) is 142 Å². The number of aryl methyl sites for hydroxylation is 4. The Hall–Kier alpha value is -4.43. The summed E-state index contributed by atoms with van der Waals surface area (Å²) < 4.78 is 0. The Morgan fingerprint density at radius 3 is 1.70 bits per heavy atom. The minimum Gasteiger partial charge on any atom is -0.360 e. The van der Waals surface area contributed by atoms with E-state index in [1.807, 2.05) is 6.08 Å². The van der Waals surface area contributed by atoms with Gasteiger partial charge in [0.25, 0.3) is 0 Å². The van der Waals surface area contributed by atoms with Crippen LogP contribution in [0, 0.1) is 5.92 Å². The Kier molecular flexibility index (Phi) is 10.1. The third kappa shape index (κ3) is 8.30. The van der Waals surface area contributed by atoms with Gasteiger partial charge in [-0.05, 0) is 108 Å². The first-order chi connectivity index (χ1) is 22.8. The first-order valence-corrected chi connectivity index (χ1v) is 17.5. The SMILES string of the molecule is C=CCc1ccc(CCc2ccc(C3(C)N=C(C4CC4)C=C3NC(=C)Cc3ccc(CCc4ccc(C(C)C)cc4)cc3)cc2)cc1. The van der Waals surface area contributed by atoms with Crippen LogP contribution in [-0.2, 0) is 44.1 Å². The van der Waals surface area contributed by atoms with Gasteiger partial charge in [0.2, 0.25) is 0 Å². The zero-order valence-electron chi connectivity index (χ0n) is 28.6. The molecule has 0 bridgehead atoms. The molecule has 1 saturated carbocycles. The average Bonchev–Trinajstić information content (AvgIpc) is 3.88. The van der Waals surface area contributed by atoms with Gasteiger partial charge in [0.15, 0.2) is 0 Å². The van der Waals surface area contributed by atoms with E-state index < -0.39 is 5.54 Å². The molecular weight excluding hydrogens is 569 g/mol. The Morgan fingerprint density at radius 2 is 1.21 bits per heavy atom. The maximum atomic E-state index is 5.32. The lowest BCUT2D eigenvalue weighted by atomic mass is 9.88. The minimum atomic E-state index is -0.433. The summed E-state index contributed by atoms with van der Waals surface area (Å²) in [6.45, 7) is 15.0. The fraction of sp³-hybridized carbons (Fsp3) is 0.311. The van der Waals surface area contributed by atoms with Crippen LogP contribution >= 0.6 is 0 Å². The number of aliphatic imine (C=N–C) groups is 1. The summed E-state index contributed by atoms with van der Waals surface area (Å²) in [5.41, 5.74) is 13.7. The van der Waals surface area contributed by atoms with Gasteiger partial charge >= 0.3 is 0 Å². The highest BCUT2D eigenvalue weighted by Gasteiger charge is 2.40. The van der Waals surface area contributed by atoms with Crippen LogP contribution in [0.3, 0.4) is 0 Å². The molecule has 240 valence electrons. The average molecular weight is 619 g/mol. The zero-order chi connectivity index (χ0) is 32.8. The summed E-state index contributed by atoms with van der Waals surface area (Å²) in [7, 11) is 0. The Bertz CT molecular complexity index is 1730. The number of nitrogens with one attached hydrogen (secondary N) is 1. The number of benzene rings is 4. The van der Waals surface area contributed by atoms with Gasteiger partial charge in [-0.1, -0.05) is 124 Å². The number of allylic oxidation sites excluding steroid dienone is 3. The zero-order valence-corrected chi connectivity index (χ0v) is 28.6. The van der Waals surface area contributed by atoms with Crippen molar-refractivity contribution in [3.8, 4) is 0 Å². The summed E-state index contributed by atoms with van der Waals surface area (Å²) >= 11 is 0. The molecule has 47 heavy (non-hydrogen) atoms. The number of nitrogens with zero attached hydrogens (tertiary/aromatic N) is 1. The molecule has 4 aromatic rings. The molecule has 1 fully saturated rings. The quantitative estimate of drug-likeness (QED) is 0.132. The third-order valence-corrected chi connectivity index (χ3v) is 9.89. The van der Waals surface area contributed by atoms with Gasteiger partial charge in [-0.3, -0.25) is 4.99 Å².